The van der Waals surface area contributed by atoms with Crippen LogP contribution in [-0.2, 0) is 11.3 Å². The Morgan fingerprint density at radius 3 is 2.76 bits per heavy atom. The normalized spacial score (nSPS) is 11.1. The van der Waals surface area contributed by atoms with Gasteiger partial charge in [-0.25, -0.2) is 9.99 Å². The van der Waals surface area contributed by atoms with Crippen LogP contribution in [0.4, 0.5) is 0 Å². The van der Waals surface area contributed by atoms with Gasteiger partial charge in [-0.1, -0.05) is 11.6 Å². The lowest BCUT2D eigenvalue weighted by atomic mass is 10.2. The summed E-state index contributed by atoms with van der Waals surface area (Å²) < 4.78 is 1.97. The molecule has 0 spiro atoms. The lowest BCUT2D eigenvalue weighted by Crippen LogP contribution is -2.36. The zero-order chi connectivity index (χ0) is 20.8. The first-order chi connectivity index (χ1) is 14.0. The monoisotopic (exact) mass is 432 g/mol. The molecule has 1 heterocycles. The van der Waals surface area contributed by atoms with Crippen LogP contribution in [-0.4, -0.2) is 38.3 Å². The van der Waals surface area contributed by atoms with Crippen molar-refractivity contribution in [1.82, 2.24) is 15.6 Å². The van der Waals surface area contributed by atoms with Crippen molar-refractivity contribution in [2.45, 2.75) is 18.6 Å². The van der Waals surface area contributed by atoms with Gasteiger partial charge in [-0.15, -0.1) is 5.10 Å². The molecule has 8 nitrogen and oxygen atoms in total. The fourth-order valence-electron chi connectivity index (χ4n) is 2.53. The van der Waals surface area contributed by atoms with Crippen LogP contribution >= 0.6 is 23.4 Å². The minimum Gasteiger partial charge on any atom is -0.508 e. The van der Waals surface area contributed by atoms with Crippen molar-refractivity contribution < 1.29 is 19.6 Å². The van der Waals surface area contributed by atoms with Crippen molar-refractivity contribution in [3.05, 3.63) is 53.1 Å². The SMILES string of the molecule is CC[n+]1c(SCC(=O)NN=Cc2ccc(O)cc2O)n[nH]c1-c1ccc(Cl)cc1. The number of amides is 1. The summed E-state index contributed by atoms with van der Waals surface area (Å²) in [6, 6.07) is 11.5. The number of aromatic hydroxyl groups is 2. The summed E-state index contributed by atoms with van der Waals surface area (Å²) in [7, 11) is 0. The van der Waals surface area contributed by atoms with Gasteiger partial charge in [0.05, 0.1) is 29.2 Å². The van der Waals surface area contributed by atoms with Gasteiger partial charge in [-0.05, 0) is 55.1 Å². The Morgan fingerprint density at radius 2 is 2.07 bits per heavy atom. The topological polar surface area (TPSA) is 114 Å². The molecule has 0 atom stereocenters. The van der Waals surface area contributed by atoms with Crippen LogP contribution < -0.4 is 9.99 Å². The number of phenolic OH excluding ortho intramolecular Hbond substituents is 2. The van der Waals surface area contributed by atoms with Crippen LogP contribution in [0.3, 0.4) is 0 Å². The van der Waals surface area contributed by atoms with E-state index in [0.29, 0.717) is 22.3 Å². The predicted molar refractivity (Wildman–Crippen MR) is 111 cm³/mol. The van der Waals surface area contributed by atoms with Gasteiger partial charge in [-0.3, -0.25) is 4.79 Å². The highest BCUT2D eigenvalue weighted by Crippen LogP contribution is 2.21. The maximum Gasteiger partial charge on any atom is 0.337 e. The Labute approximate surface area is 176 Å². The molecule has 3 aromatic rings. The van der Waals surface area contributed by atoms with E-state index in [4.69, 9.17) is 11.6 Å². The highest BCUT2D eigenvalue weighted by molar-refractivity contribution is 7.99. The quantitative estimate of drug-likeness (QED) is 0.198. The first-order valence-electron chi connectivity index (χ1n) is 8.68. The summed E-state index contributed by atoms with van der Waals surface area (Å²) >= 11 is 7.22. The fraction of sp³-hybridized carbons (Fsp3) is 0.158. The Balaban J connectivity index is 1.60. The summed E-state index contributed by atoms with van der Waals surface area (Å²) in [5, 5.41) is 31.4. The molecule has 0 saturated heterocycles. The van der Waals surface area contributed by atoms with Crippen molar-refractivity contribution in [2.24, 2.45) is 5.10 Å². The molecule has 1 amide bonds. The lowest BCUT2D eigenvalue weighted by Gasteiger charge is -2.02. The second-order valence-corrected chi connectivity index (χ2v) is 7.31. The number of nitrogens with zero attached hydrogens (tertiary/aromatic N) is 3. The maximum absolute atomic E-state index is 12.0. The Kier molecular flexibility index (Phi) is 6.73. The summed E-state index contributed by atoms with van der Waals surface area (Å²) in [4.78, 5) is 12.0. The van der Waals surface area contributed by atoms with Crippen LogP contribution in [0.5, 0.6) is 11.5 Å². The van der Waals surface area contributed by atoms with Crippen LogP contribution in [0.15, 0.2) is 52.7 Å². The number of H-pyrrole nitrogens is 1. The van der Waals surface area contributed by atoms with Gasteiger partial charge in [0, 0.05) is 16.7 Å². The molecule has 0 radical (unpaired) electrons. The number of nitrogens with one attached hydrogen (secondary N) is 2. The number of hydrogen-bond donors (Lipinski definition) is 4. The molecule has 4 N–H and O–H groups in total. The summed E-state index contributed by atoms with van der Waals surface area (Å²) in [6.45, 7) is 2.67. The second-order valence-electron chi connectivity index (χ2n) is 5.93. The van der Waals surface area contributed by atoms with Gasteiger partial charge in [0.1, 0.15) is 11.5 Å². The zero-order valence-electron chi connectivity index (χ0n) is 15.5. The van der Waals surface area contributed by atoms with Crippen molar-refractivity contribution in [3.63, 3.8) is 0 Å². The molecule has 0 aliphatic carbocycles. The summed E-state index contributed by atoms with van der Waals surface area (Å²) in [5.41, 5.74) is 3.72. The Bertz CT molecular complexity index is 1040. The predicted octanol–water partition coefficient (Wildman–Crippen LogP) is 2.69. The van der Waals surface area contributed by atoms with Crippen molar-refractivity contribution in [3.8, 4) is 22.9 Å². The minimum absolute atomic E-state index is 0.0544. The lowest BCUT2D eigenvalue weighted by molar-refractivity contribution is -0.719. The van der Waals surface area contributed by atoms with Gasteiger partial charge in [0.2, 0.25) is 0 Å². The number of hydrazone groups is 1. The second kappa shape index (κ2) is 9.44. The first-order valence-corrected chi connectivity index (χ1v) is 10.0. The van der Waals surface area contributed by atoms with Gasteiger partial charge < -0.3 is 10.2 Å². The van der Waals surface area contributed by atoms with Gasteiger partial charge in [-0.2, -0.15) is 5.10 Å². The summed E-state index contributed by atoms with van der Waals surface area (Å²) in [6.07, 6.45) is 1.30. The van der Waals surface area contributed by atoms with Crippen molar-refractivity contribution in [2.75, 3.05) is 5.75 Å². The number of phenols is 2. The molecular weight excluding hydrogens is 414 g/mol. The molecule has 29 heavy (non-hydrogen) atoms. The molecule has 0 fully saturated rings. The van der Waals surface area contributed by atoms with Gasteiger partial charge in [0.25, 0.3) is 11.7 Å². The van der Waals surface area contributed by atoms with E-state index in [0.717, 1.165) is 11.4 Å². The third-order valence-electron chi connectivity index (χ3n) is 3.93. The van der Waals surface area contributed by atoms with Gasteiger partial charge >= 0.3 is 5.16 Å². The van der Waals surface area contributed by atoms with E-state index in [2.05, 4.69) is 20.7 Å². The number of aromatic nitrogens is 3. The highest BCUT2D eigenvalue weighted by Gasteiger charge is 2.21. The number of carbonyl (C=O) groups excluding carboxylic acids is 1. The number of carbonyl (C=O) groups is 1. The number of aromatic amines is 1. The largest absolute Gasteiger partial charge is 0.508 e. The highest BCUT2D eigenvalue weighted by atomic mass is 35.5. The molecule has 0 unspecified atom stereocenters. The first kappa shape index (κ1) is 20.7. The molecule has 1 aromatic heterocycles. The average Bonchev–Trinajstić information content (AvgIpc) is 3.11. The van der Waals surface area contributed by atoms with Gasteiger partial charge in [0.15, 0.2) is 0 Å². The number of rotatable bonds is 7. The molecule has 150 valence electrons. The molecule has 10 heteroatoms. The number of thioether (sulfide) groups is 1. The van der Waals surface area contributed by atoms with E-state index in [1.54, 1.807) is 0 Å². The zero-order valence-corrected chi connectivity index (χ0v) is 17.0. The number of benzene rings is 2. The fourth-order valence-corrected chi connectivity index (χ4v) is 3.46. The van der Waals surface area contributed by atoms with E-state index in [1.807, 2.05) is 35.8 Å². The Hall–Kier alpha value is -3.04. The van der Waals surface area contributed by atoms with Crippen LogP contribution in [0.1, 0.15) is 12.5 Å². The third kappa shape index (κ3) is 5.27. The maximum atomic E-state index is 12.0. The molecule has 0 bridgehead atoms. The van der Waals surface area contributed by atoms with Crippen LogP contribution in [0.2, 0.25) is 5.02 Å². The van der Waals surface area contributed by atoms with E-state index in [1.165, 1.54) is 36.2 Å². The van der Waals surface area contributed by atoms with Crippen LogP contribution in [0, 0.1) is 0 Å². The number of halogens is 1. The molecule has 2 aromatic carbocycles. The minimum atomic E-state index is -0.316. The van der Waals surface area contributed by atoms with Crippen LogP contribution in [0.25, 0.3) is 11.4 Å². The molecule has 3 rings (SSSR count). The van der Waals surface area contributed by atoms with Crippen molar-refractivity contribution in [1.29, 1.82) is 0 Å². The Morgan fingerprint density at radius 1 is 1.31 bits per heavy atom. The van der Waals surface area contributed by atoms with Crippen molar-refractivity contribution >= 4 is 35.5 Å². The molecule has 0 aliphatic rings. The molecule has 0 aliphatic heterocycles. The molecule has 0 saturated carbocycles. The van der Waals surface area contributed by atoms with E-state index in [-0.39, 0.29) is 23.2 Å². The average molecular weight is 433 g/mol. The van der Waals surface area contributed by atoms with E-state index >= 15 is 0 Å². The third-order valence-corrected chi connectivity index (χ3v) is 5.16. The standard InChI is InChI=1S/C19H18ClN5O3S/c1-2-25-18(12-3-6-14(20)7-4-12)23-24-19(25)29-11-17(28)22-21-10-13-5-8-15(26)9-16(13)27/h3-10H,2,11H2,1H3,(H3,21,22,26,27,28)/p+1. The number of hydrogen-bond acceptors (Lipinski definition) is 6. The molecular formula is C19H19ClN5O3S+. The smallest absolute Gasteiger partial charge is 0.337 e. The van der Waals surface area contributed by atoms with E-state index < -0.39 is 0 Å². The van der Waals surface area contributed by atoms with E-state index in [9.17, 15) is 15.0 Å². The summed E-state index contributed by atoms with van der Waals surface area (Å²) in [5.74, 6) is 0.439.